The van der Waals surface area contributed by atoms with E-state index in [4.69, 9.17) is 4.74 Å². The van der Waals surface area contributed by atoms with Crippen LogP contribution in [0.3, 0.4) is 0 Å². The van der Waals surface area contributed by atoms with E-state index in [2.05, 4.69) is 45.5 Å². The highest BCUT2D eigenvalue weighted by molar-refractivity contribution is 5.18. The van der Waals surface area contributed by atoms with Gasteiger partial charge in [-0.1, -0.05) is 36.4 Å². The number of ether oxygens (including phenoxy) is 1. The van der Waals surface area contributed by atoms with Crippen molar-refractivity contribution in [3.8, 4) is 5.88 Å². The van der Waals surface area contributed by atoms with Gasteiger partial charge in [0.1, 0.15) is 0 Å². The molecule has 1 aliphatic rings. The van der Waals surface area contributed by atoms with E-state index in [-0.39, 0.29) is 12.6 Å². The maximum Gasteiger partial charge on any atom is 0.212 e. The van der Waals surface area contributed by atoms with Gasteiger partial charge in [-0.3, -0.25) is 4.90 Å². The molecule has 1 aliphatic heterocycles. The fourth-order valence-corrected chi connectivity index (χ4v) is 3.39. The summed E-state index contributed by atoms with van der Waals surface area (Å²) >= 11 is 0. The molecular formula is C20H27N3O2. The maximum absolute atomic E-state index is 9.72. The fraction of sp³-hybridized carbons (Fsp3) is 0.450. The monoisotopic (exact) mass is 341 g/mol. The van der Waals surface area contributed by atoms with Crippen LogP contribution in [0.5, 0.6) is 5.88 Å². The molecule has 0 aliphatic carbocycles. The molecule has 2 N–H and O–H groups in total. The molecule has 5 nitrogen and oxygen atoms in total. The third kappa shape index (κ3) is 5.01. The molecule has 0 amide bonds. The van der Waals surface area contributed by atoms with E-state index in [9.17, 15) is 5.11 Å². The molecule has 3 rings (SSSR count). The van der Waals surface area contributed by atoms with Gasteiger partial charge in [-0.2, -0.15) is 0 Å². The number of rotatable bonds is 7. The summed E-state index contributed by atoms with van der Waals surface area (Å²) in [6, 6.07) is 14.7. The van der Waals surface area contributed by atoms with Crippen LogP contribution in [0.25, 0.3) is 0 Å². The van der Waals surface area contributed by atoms with Gasteiger partial charge in [-0.25, -0.2) is 4.98 Å². The van der Waals surface area contributed by atoms with E-state index in [0.717, 1.165) is 38.2 Å². The van der Waals surface area contributed by atoms with Crippen LogP contribution in [0.4, 0.5) is 0 Å². The van der Waals surface area contributed by atoms with Crippen LogP contribution in [-0.4, -0.2) is 47.8 Å². The predicted octanol–water partition coefficient (Wildman–Crippen LogP) is 2.06. The standard InChI is InChI=1S/C20H27N3O2/c1-25-20-8-7-17(12-22-20)11-21-19-14-23(10-9-18(19)15-24)13-16-5-3-2-4-6-16/h2-8,12,18-19,21,24H,9-11,13-15H2,1H3/t18-,19+/m1/s1. The van der Waals surface area contributed by atoms with E-state index < -0.39 is 0 Å². The van der Waals surface area contributed by atoms with Gasteiger partial charge in [0.05, 0.1) is 7.11 Å². The van der Waals surface area contributed by atoms with Crippen molar-refractivity contribution in [3.05, 3.63) is 59.8 Å². The Labute approximate surface area is 149 Å². The highest BCUT2D eigenvalue weighted by Gasteiger charge is 2.28. The van der Waals surface area contributed by atoms with Crippen molar-refractivity contribution in [2.45, 2.75) is 25.6 Å². The Hall–Kier alpha value is -1.95. The molecule has 0 radical (unpaired) electrons. The summed E-state index contributed by atoms with van der Waals surface area (Å²) in [5.74, 6) is 0.932. The molecule has 2 atom stereocenters. The smallest absolute Gasteiger partial charge is 0.212 e. The number of pyridine rings is 1. The Morgan fingerprint density at radius 2 is 2.04 bits per heavy atom. The third-order valence-electron chi connectivity index (χ3n) is 4.90. The van der Waals surface area contributed by atoms with Crippen molar-refractivity contribution in [2.24, 2.45) is 5.92 Å². The molecule has 2 aromatic rings. The fourth-order valence-electron chi connectivity index (χ4n) is 3.39. The quantitative estimate of drug-likeness (QED) is 0.807. The molecule has 2 heterocycles. The average Bonchev–Trinajstić information content (AvgIpc) is 2.68. The van der Waals surface area contributed by atoms with E-state index in [0.29, 0.717) is 11.8 Å². The van der Waals surface area contributed by atoms with Crippen molar-refractivity contribution >= 4 is 0 Å². The molecule has 0 unspecified atom stereocenters. The molecule has 0 bridgehead atoms. The Morgan fingerprint density at radius 1 is 1.20 bits per heavy atom. The summed E-state index contributed by atoms with van der Waals surface area (Å²) in [7, 11) is 1.62. The number of methoxy groups -OCH3 is 1. The van der Waals surface area contributed by atoms with Crippen LogP contribution in [0, 0.1) is 5.92 Å². The zero-order valence-electron chi connectivity index (χ0n) is 14.8. The Morgan fingerprint density at radius 3 is 2.72 bits per heavy atom. The first kappa shape index (κ1) is 17.9. The van der Waals surface area contributed by atoms with Crippen molar-refractivity contribution in [1.82, 2.24) is 15.2 Å². The van der Waals surface area contributed by atoms with Gasteiger partial charge >= 0.3 is 0 Å². The van der Waals surface area contributed by atoms with Gasteiger partial charge in [0.2, 0.25) is 5.88 Å². The molecule has 5 heteroatoms. The average molecular weight is 341 g/mol. The van der Waals surface area contributed by atoms with Crippen LogP contribution in [0.15, 0.2) is 48.7 Å². The Kier molecular flexibility index (Phi) is 6.39. The molecule has 1 fully saturated rings. The summed E-state index contributed by atoms with van der Waals surface area (Å²) in [4.78, 5) is 6.71. The first-order valence-electron chi connectivity index (χ1n) is 8.88. The summed E-state index contributed by atoms with van der Waals surface area (Å²) < 4.78 is 5.10. The zero-order chi connectivity index (χ0) is 17.5. The minimum Gasteiger partial charge on any atom is -0.481 e. The van der Waals surface area contributed by atoms with Gasteiger partial charge in [0.25, 0.3) is 0 Å². The number of hydrogen-bond donors (Lipinski definition) is 2. The van der Waals surface area contributed by atoms with Crippen molar-refractivity contribution in [2.75, 3.05) is 26.8 Å². The highest BCUT2D eigenvalue weighted by atomic mass is 16.5. The maximum atomic E-state index is 9.72. The van der Waals surface area contributed by atoms with E-state index >= 15 is 0 Å². The second-order valence-electron chi connectivity index (χ2n) is 6.65. The van der Waals surface area contributed by atoms with Crippen LogP contribution in [-0.2, 0) is 13.1 Å². The van der Waals surface area contributed by atoms with E-state index in [1.165, 1.54) is 5.56 Å². The lowest BCUT2D eigenvalue weighted by Crippen LogP contribution is -2.51. The lowest BCUT2D eigenvalue weighted by Gasteiger charge is -2.38. The number of hydrogen-bond acceptors (Lipinski definition) is 5. The second-order valence-corrected chi connectivity index (χ2v) is 6.65. The summed E-state index contributed by atoms with van der Waals surface area (Å²) in [6.45, 7) is 3.92. The number of aliphatic hydroxyl groups excluding tert-OH is 1. The minimum absolute atomic E-state index is 0.234. The number of likely N-dealkylation sites (tertiary alicyclic amines) is 1. The van der Waals surface area contributed by atoms with E-state index in [1.54, 1.807) is 7.11 Å². The lowest BCUT2D eigenvalue weighted by molar-refractivity contribution is 0.0906. The van der Waals surface area contributed by atoms with E-state index in [1.807, 2.05) is 18.3 Å². The number of aromatic nitrogens is 1. The number of nitrogens with zero attached hydrogens (tertiary/aromatic N) is 2. The predicted molar refractivity (Wildman–Crippen MR) is 98.3 cm³/mol. The molecule has 1 aromatic carbocycles. The van der Waals surface area contributed by atoms with Gasteiger partial charge < -0.3 is 15.2 Å². The summed E-state index contributed by atoms with van der Waals surface area (Å²) in [5.41, 5.74) is 2.46. The summed E-state index contributed by atoms with van der Waals surface area (Å²) in [6.07, 6.45) is 2.85. The highest BCUT2D eigenvalue weighted by Crippen LogP contribution is 2.20. The number of piperidine rings is 1. The zero-order valence-corrected chi connectivity index (χ0v) is 14.8. The van der Waals surface area contributed by atoms with Gasteiger partial charge in [0, 0.05) is 44.5 Å². The van der Waals surface area contributed by atoms with Crippen LogP contribution in [0.1, 0.15) is 17.5 Å². The van der Waals surface area contributed by atoms with Crippen LogP contribution < -0.4 is 10.1 Å². The summed E-state index contributed by atoms with van der Waals surface area (Å²) in [5, 5.41) is 13.3. The van der Waals surface area contributed by atoms with Crippen LogP contribution in [0.2, 0.25) is 0 Å². The van der Waals surface area contributed by atoms with Crippen molar-refractivity contribution in [3.63, 3.8) is 0 Å². The first-order chi connectivity index (χ1) is 12.3. The number of benzene rings is 1. The molecule has 1 aromatic heterocycles. The molecular weight excluding hydrogens is 314 g/mol. The lowest BCUT2D eigenvalue weighted by atomic mass is 9.91. The molecule has 134 valence electrons. The van der Waals surface area contributed by atoms with Gasteiger partial charge in [0.15, 0.2) is 0 Å². The van der Waals surface area contributed by atoms with Crippen molar-refractivity contribution in [1.29, 1.82) is 0 Å². The normalized spacial score (nSPS) is 21.2. The third-order valence-corrected chi connectivity index (χ3v) is 4.90. The largest absolute Gasteiger partial charge is 0.481 e. The topological polar surface area (TPSA) is 57.6 Å². The molecule has 0 spiro atoms. The van der Waals surface area contributed by atoms with Crippen molar-refractivity contribution < 1.29 is 9.84 Å². The van der Waals surface area contributed by atoms with Crippen LogP contribution >= 0.6 is 0 Å². The molecule has 0 saturated carbocycles. The van der Waals surface area contributed by atoms with Gasteiger partial charge in [-0.15, -0.1) is 0 Å². The first-order valence-corrected chi connectivity index (χ1v) is 8.88. The molecule has 25 heavy (non-hydrogen) atoms. The second kappa shape index (κ2) is 8.94. The Bertz CT molecular complexity index is 633. The number of nitrogens with one attached hydrogen (secondary N) is 1. The minimum atomic E-state index is 0.234. The molecule has 1 saturated heterocycles. The SMILES string of the molecule is COc1ccc(CN[C@H]2CN(Cc3ccccc3)CC[C@@H]2CO)cn1. The van der Waals surface area contributed by atoms with Gasteiger partial charge in [-0.05, 0) is 30.0 Å². The Balaban J connectivity index is 1.56. The number of aliphatic hydroxyl groups is 1.